The molecule has 0 saturated heterocycles. The molecule has 2 aromatic rings. The molecule has 2 aromatic carbocycles. The van der Waals surface area contributed by atoms with Gasteiger partial charge in [0.15, 0.2) is 0 Å². The Labute approximate surface area is 147 Å². The van der Waals surface area contributed by atoms with Gasteiger partial charge in [0, 0.05) is 12.6 Å². The van der Waals surface area contributed by atoms with Crippen LogP contribution in [0, 0.1) is 5.41 Å². The van der Waals surface area contributed by atoms with E-state index in [9.17, 15) is 0 Å². The number of benzene rings is 2. The topological polar surface area (TPSA) is 3.24 Å². The molecule has 23 heavy (non-hydrogen) atoms. The van der Waals surface area contributed by atoms with E-state index >= 15 is 0 Å². The third-order valence-electron chi connectivity index (χ3n) is 4.10. The number of likely N-dealkylation sites (N-methyl/N-ethyl adjacent to an activating group) is 1. The number of halogens is 1. The average molecular weight is 332 g/mol. The van der Waals surface area contributed by atoms with E-state index in [0.717, 1.165) is 6.54 Å². The normalized spacial score (nSPS) is 13.5. The SMILES string of the molecule is C/C=C/C(CC(C)(C)C)N(C)Cc1cccc2ccccc12.Cl. The van der Waals surface area contributed by atoms with Crippen LogP contribution in [0.4, 0.5) is 0 Å². The van der Waals surface area contributed by atoms with Crippen LogP contribution in [0.3, 0.4) is 0 Å². The highest BCUT2D eigenvalue weighted by molar-refractivity contribution is 5.85. The molecular formula is C21H30ClN. The van der Waals surface area contributed by atoms with Crippen LogP contribution < -0.4 is 0 Å². The van der Waals surface area contributed by atoms with E-state index in [0.29, 0.717) is 11.5 Å². The van der Waals surface area contributed by atoms with Gasteiger partial charge >= 0.3 is 0 Å². The summed E-state index contributed by atoms with van der Waals surface area (Å²) < 4.78 is 0. The van der Waals surface area contributed by atoms with Gasteiger partial charge in [0.25, 0.3) is 0 Å². The number of nitrogens with zero attached hydrogens (tertiary/aromatic N) is 1. The van der Waals surface area contributed by atoms with E-state index in [-0.39, 0.29) is 12.4 Å². The average Bonchev–Trinajstić information content (AvgIpc) is 2.46. The van der Waals surface area contributed by atoms with Crippen LogP contribution in [0.5, 0.6) is 0 Å². The first-order valence-electron chi connectivity index (χ1n) is 8.20. The second-order valence-corrected chi connectivity index (χ2v) is 7.41. The molecule has 2 rings (SSSR count). The van der Waals surface area contributed by atoms with Crippen molar-refractivity contribution in [1.82, 2.24) is 4.90 Å². The Morgan fingerprint density at radius 3 is 2.35 bits per heavy atom. The standard InChI is InChI=1S/C21H29N.ClH/c1-6-10-19(15-21(2,3)4)22(5)16-18-13-9-12-17-11-7-8-14-20(17)18;/h6-14,19H,15-16H2,1-5H3;1H/b10-6+;. The molecule has 0 aliphatic carbocycles. The van der Waals surface area contributed by atoms with Gasteiger partial charge in [0.2, 0.25) is 0 Å². The number of allylic oxidation sites excluding steroid dienone is 1. The van der Waals surface area contributed by atoms with Gasteiger partial charge in [-0.25, -0.2) is 0 Å². The zero-order valence-electron chi connectivity index (χ0n) is 15.0. The summed E-state index contributed by atoms with van der Waals surface area (Å²) in [5.74, 6) is 0. The maximum absolute atomic E-state index is 2.47. The second-order valence-electron chi connectivity index (χ2n) is 7.41. The van der Waals surface area contributed by atoms with Crippen molar-refractivity contribution in [2.45, 2.75) is 46.7 Å². The molecule has 0 N–H and O–H groups in total. The molecule has 0 saturated carbocycles. The number of hydrogen-bond donors (Lipinski definition) is 0. The Hall–Kier alpha value is -1.31. The summed E-state index contributed by atoms with van der Waals surface area (Å²) in [6.07, 6.45) is 5.67. The summed E-state index contributed by atoms with van der Waals surface area (Å²) in [7, 11) is 2.23. The van der Waals surface area contributed by atoms with Crippen LogP contribution in [0.2, 0.25) is 0 Å². The predicted octanol–water partition coefficient (Wildman–Crippen LogP) is 6.07. The monoisotopic (exact) mass is 331 g/mol. The Bertz CT molecular complexity index is 634. The summed E-state index contributed by atoms with van der Waals surface area (Å²) >= 11 is 0. The lowest BCUT2D eigenvalue weighted by Gasteiger charge is -2.31. The van der Waals surface area contributed by atoms with Gasteiger partial charge in [0.05, 0.1) is 0 Å². The zero-order valence-corrected chi connectivity index (χ0v) is 15.9. The Morgan fingerprint density at radius 1 is 1.04 bits per heavy atom. The largest absolute Gasteiger partial charge is 0.296 e. The minimum absolute atomic E-state index is 0. The summed E-state index contributed by atoms with van der Waals surface area (Å²) in [5.41, 5.74) is 1.74. The Morgan fingerprint density at radius 2 is 1.70 bits per heavy atom. The van der Waals surface area contributed by atoms with Gasteiger partial charge < -0.3 is 0 Å². The fourth-order valence-corrected chi connectivity index (χ4v) is 3.04. The highest BCUT2D eigenvalue weighted by Gasteiger charge is 2.20. The van der Waals surface area contributed by atoms with Gasteiger partial charge in [0.1, 0.15) is 0 Å². The third-order valence-corrected chi connectivity index (χ3v) is 4.10. The highest BCUT2D eigenvalue weighted by Crippen LogP contribution is 2.26. The van der Waals surface area contributed by atoms with Crippen LogP contribution in [0.15, 0.2) is 54.6 Å². The molecule has 0 aliphatic heterocycles. The van der Waals surface area contributed by atoms with Crippen molar-refractivity contribution in [2.75, 3.05) is 7.05 Å². The van der Waals surface area contributed by atoms with E-state index in [1.165, 1.54) is 22.8 Å². The first-order chi connectivity index (χ1) is 10.4. The summed E-state index contributed by atoms with van der Waals surface area (Å²) in [6.45, 7) is 10.0. The lowest BCUT2D eigenvalue weighted by molar-refractivity contribution is 0.207. The molecule has 1 unspecified atom stereocenters. The third kappa shape index (κ3) is 5.67. The molecule has 0 aromatic heterocycles. The smallest absolute Gasteiger partial charge is 0.0283 e. The van der Waals surface area contributed by atoms with Crippen LogP contribution in [0.1, 0.15) is 39.7 Å². The molecule has 0 heterocycles. The zero-order chi connectivity index (χ0) is 16.2. The van der Waals surface area contributed by atoms with E-state index < -0.39 is 0 Å². The molecule has 0 aliphatic rings. The van der Waals surface area contributed by atoms with Crippen LogP contribution in [-0.2, 0) is 6.54 Å². The van der Waals surface area contributed by atoms with Crippen LogP contribution in [-0.4, -0.2) is 18.0 Å². The molecule has 0 amide bonds. The Kier molecular flexibility index (Phi) is 7.31. The van der Waals surface area contributed by atoms with Gasteiger partial charge in [-0.1, -0.05) is 75.4 Å². The van der Waals surface area contributed by atoms with Gasteiger partial charge in [-0.3, -0.25) is 4.90 Å². The molecule has 2 heteroatoms. The van der Waals surface area contributed by atoms with Crippen molar-refractivity contribution in [3.05, 3.63) is 60.2 Å². The first-order valence-corrected chi connectivity index (χ1v) is 8.20. The fraction of sp³-hybridized carbons (Fsp3) is 0.429. The van der Waals surface area contributed by atoms with Crippen molar-refractivity contribution < 1.29 is 0 Å². The minimum Gasteiger partial charge on any atom is -0.296 e. The molecule has 1 nitrogen and oxygen atoms in total. The lowest BCUT2D eigenvalue weighted by atomic mass is 9.87. The van der Waals surface area contributed by atoms with Crippen LogP contribution >= 0.6 is 12.4 Å². The minimum atomic E-state index is 0. The van der Waals surface area contributed by atoms with Crippen molar-refractivity contribution in [1.29, 1.82) is 0 Å². The van der Waals surface area contributed by atoms with E-state index in [1.807, 2.05) is 0 Å². The van der Waals surface area contributed by atoms with Crippen molar-refractivity contribution in [3.8, 4) is 0 Å². The molecule has 126 valence electrons. The molecule has 0 fully saturated rings. The van der Waals surface area contributed by atoms with Crippen LogP contribution in [0.25, 0.3) is 10.8 Å². The fourth-order valence-electron chi connectivity index (χ4n) is 3.04. The van der Waals surface area contributed by atoms with Gasteiger partial charge in [-0.2, -0.15) is 0 Å². The molecule has 0 radical (unpaired) electrons. The molecular weight excluding hydrogens is 302 g/mol. The highest BCUT2D eigenvalue weighted by atomic mass is 35.5. The number of fused-ring (bicyclic) bond motifs is 1. The molecule has 0 bridgehead atoms. The predicted molar refractivity (Wildman–Crippen MR) is 105 cm³/mol. The van der Waals surface area contributed by atoms with Gasteiger partial charge in [-0.05, 0) is 42.1 Å². The molecule has 1 atom stereocenters. The summed E-state index contributed by atoms with van der Waals surface area (Å²) in [4.78, 5) is 2.47. The number of hydrogen-bond acceptors (Lipinski definition) is 1. The summed E-state index contributed by atoms with van der Waals surface area (Å²) in [5, 5.41) is 2.69. The first kappa shape index (κ1) is 19.7. The van der Waals surface area contributed by atoms with Crippen molar-refractivity contribution in [2.24, 2.45) is 5.41 Å². The maximum Gasteiger partial charge on any atom is 0.0283 e. The second kappa shape index (κ2) is 8.52. The molecule has 0 spiro atoms. The number of rotatable bonds is 5. The van der Waals surface area contributed by atoms with Gasteiger partial charge in [-0.15, -0.1) is 12.4 Å². The maximum atomic E-state index is 2.47. The quantitative estimate of drug-likeness (QED) is 0.600. The van der Waals surface area contributed by atoms with E-state index in [4.69, 9.17) is 0 Å². The van der Waals surface area contributed by atoms with Crippen molar-refractivity contribution in [3.63, 3.8) is 0 Å². The van der Waals surface area contributed by atoms with E-state index in [2.05, 4.69) is 94.3 Å². The Balaban J connectivity index is 0.00000264. The summed E-state index contributed by atoms with van der Waals surface area (Å²) in [6, 6.07) is 15.7. The van der Waals surface area contributed by atoms with Crippen molar-refractivity contribution >= 4 is 23.2 Å². The van der Waals surface area contributed by atoms with E-state index in [1.54, 1.807) is 0 Å². The lowest BCUT2D eigenvalue weighted by Crippen LogP contribution is -2.33.